The second-order valence-corrected chi connectivity index (χ2v) is 5.04. The summed E-state index contributed by atoms with van der Waals surface area (Å²) >= 11 is 3.26. The maximum atomic E-state index is 9.92. The van der Waals surface area contributed by atoms with Crippen molar-refractivity contribution in [2.24, 2.45) is 0 Å². The molecule has 98 valence electrons. The van der Waals surface area contributed by atoms with E-state index in [1.807, 2.05) is 19.1 Å². The van der Waals surface area contributed by atoms with Crippen LogP contribution in [0, 0.1) is 0 Å². The summed E-state index contributed by atoms with van der Waals surface area (Å²) in [6.45, 7) is 2.65. The lowest BCUT2D eigenvalue weighted by molar-refractivity contribution is 0.128. The second-order valence-electron chi connectivity index (χ2n) is 4.25. The van der Waals surface area contributed by atoms with Crippen molar-refractivity contribution in [3.63, 3.8) is 0 Å². The van der Waals surface area contributed by atoms with Crippen molar-refractivity contribution in [2.45, 2.75) is 32.0 Å². The number of aliphatic hydroxyl groups is 1. The van der Waals surface area contributed by atoms with Crippen LogP contribution in [0.1, 0.15) is 31.0 Å². The van der Waals surface area contributed by atoms with E-state index in [1.165, 1.54) is 0 Å². The summed E-state index contributed by atoms with van der Waals surface area (Å²) in [6.07, 6.45) is 1.58. The summed E-state index contributed by atoms with van der Waals surface area (Å²) in [6, 6.07) is 7.48. The van der Waals surface area contributed by atoms with Crippen LogP contribution in [0.5, 0.6) is 0 Å². The highest BCUT2D eigenvalue weighted by Crippen LogP contribution is 2.19. The molecule has 2 aromatic rings. The van der Waals surface area contributed by atoms with Crippen molar-refractivity contribution in [1.82, 2.24) is 5.32 Å². The smallest absolute Gasteiger partial charge is 0.169 e. The number of aliphatic hydroxyl groups excluding tert-OH is 1. The maximum absolute atomic E-state index is 9.92. The molecule has 0 aliphatic rings. The van der Waals surface area contributed by atoms with Gasteiger partial charge < -0.3 is 19.3 Å². The van der Waals surface area contributed by atoms with E-state index in [-0.39, 0.29) is 6.04 Å². The molecular formula is C13H16BrNO3. The number of hydrogen-bond donors (Lipinski definition) is 2. The normalized spacial score (nSPS) is 14.6. The quantitative estimate of drug-likeness (QED) is 0.859. The van der Waals surface area contributed by atoms with Crippen LogP contribution in [0.15, 0.2) is 44.0 Å². The number of halogens is 1. The van der Waals surface area contributed by atoms with Gasteiger partial charge in [-0.05, 0) is 53.5 Å². The Morgan fingerprint density at radius 2 is 2.22 bits per heavy atom. The molecule has 0 fully saturated rings. The third-order valence-electron chi connectivity index (χ3n) is 2.70. The predicted molar refractivity (Wildman–Crippen MR) is 71.0 cm³/mol. The summed E-state index contributed by atoms with van der Waals surface area (Å²) in [5, 5.41) is 13.2. The second kappa shape index (κ2) is 6.22. The van der Waals surface area contributed by atoms with Crippen LogP contribution in [-0.2, 0) is 6.54 Å². The summed E-state index contributed by atoms with van der Waals surface area (Å²) in [4.78, 5) is 0. The fraction of sp³-hybridized carbons (Fsp3) is 0.385. The molecule has 0 aliphatic carbocycles. The zero-order valence-electron chi connectivity index (χ0n) is 10.1. The lowest BCUT2D eigenvalue weighted by Crippen LogP contribution is -2.27. The van der Waals surface area contributed by atoms with Crippen LogP contribution in [-0.4, -0.2) is 11.1 Å². The van der Waals surface area contributed by atoms with Crippen LogP contribution in [0.4, 0.5) is 0 Å². The summed E-state index contributed by atoms with van der Waals surface area (Å²) < 4.78 is 11.3. The minimum Gasteiger partial charge on any atom is -0.467 e. The SMILES string of the molecule is C[C@H](C[C@H](O)c1ccco1)NCc1ccc(Br)o1. The van der Waals surface area contributed by atoms with E-state index < -0.39 is 6.10 Å². The Balaban J connectivity index is 1.76. The molecule has 0 unspecified atom stereocenters. The van der Waals surface area contributed by atoms with Crippen molar-refractivity contribution in [2.75, 3.05) is 0 Å². The average molecular weight is 314 g/mol. The first-order chi connectivity index (χ1) is 8.65. The van der Waals surface area contributed by atoms with E-state index in [9.17, 15) is 5.11 Å². The lowest BCUT2D eigenvalue weighted by Gasteiger charge is -2.15. The lowest BCUT2D eigenvalue weighted by atomic mass is 10.1. The van der Waals surface area contributed by atoms with Crippen molar-refractivity contribution in [3.8, 4) is 0 Å². The Bertz CT molecular complexity index is 466. The van der Waals surface area contributed by atoms with Gasteiger partial charge in [0.2, 0.25) is 0 Å². The Hall–Kier alpha value is -1.04. The van der Waals surface area contributed by atoms with Gasteiger partial charge in [-0.1, -0.05) is 0 Å². The van der Waals surface area contributed by atoms with Crippen LogP contribution < -0.4 is 5.32 Å². The van der Waals surface area contributed by atoms with Gasteiger partial charge in [-0.3, -0.25) is 0 Å². The number of hydrogen-bond acceptors (Lipinski definition) is 4. The fourth-order valence-corrected chi connectivity index (χ4v) is 2.08. The highest BCUT2D eigenvalue weighted by atomic mass is 79.9. The standard InChI is InChI=1S/C13H16BrNO3/c1-9(7-11(16)12-3-2-6-17-12)15-8-10-4-5-13(14)18-10/h2-6,9,11,15-16H,7-8H2,1H3/t9-,11+/m1/s1. The van der Waals surface area contributed by atoms with Crippen molar-refractivity contribution >= 4 is 15.9 Å². The molecule has 5 heteroatoms. The molecule has 0 aliphatic heterocycles. The zero-order valence-corrected chi connectivity index (χ0v) is 11.7. The molecule has 0 saturated heterocycles. The molecule has 2 aromatic heterocycles. The minimum absolute atomic E-state index is 0.161. The van der Waals surface area contributed by atoms with Gasteiger partial charge in [0.1, 0.15) is 17.6 Å². The van der Waals surface area contributed by atoms with E-state index in [4.69, 9.17) is 8.83 Å². The van der Waals surface area contributed by atoms with Crippen LogP contribution in [0.3, 0.4) is 0 Å². The maximum Gasteiger partial charge on any atom is 0.169 e. The first-order valence-corrected chi connectivity index (χ1v) is 6.63. The highest BCUT2D eigenvalue weighted by molar-refractivity contribution is 9.10. The molecule has 2 atom stereocenters. The molecule has 4 nitrogen and oxygen atoms in total. The molecular weight excluding hydrogens is 298 g/mol. The monoisotopic (exact) mass is 313 g/mol. The van der Waals surface area contributed by atoms with Crippen molar-refractivity contribution < 1.29 is 13.9 Å². The van der Waals surface area contributed by atoms with Crippen LogP contribution in [0.25, 0.3) is 0 Å². The summed E-state index contributed by atoms with van der Waals surface area (Å²) in [7, 11) is 0. The summed E-state index contributed by atoms with van der Waals surface area (Å²) in [5.74, 6) is 1.46. The first-order valence-electron chi connectivity index (χ1n) is 5.84. The van der Waals surface area contributed by atoms with Gasteiger partial charge in [0.05, 0.1) is 12.8 Å². The first kappa shape index (κ1) is 13.4. The van der Waals surface area contributed by atoms with E-state index in [0.29, 0.717) is 18.7 Å². The van der Waals surface area contributed by atoms with Gasteiger partial charge in [0, 0.05) is 6.04 Å². The Morgan fingerprint density at radius 1 is 1.39 bits per heavy atom. The van der Waals surface area contributed by atoms with Gasteiger partial charge in [0.25, 0.3) is 0 Å². The van der Waals surface area contributed by atoms with Gasteiger partial charge in [-0.25, -0.2) is 0 Å². The van der Waals surface area contributed by atoms with Crippen LogP contribution in [0.2, 0.25) is 0 Å². The average Bonchev–Trinajstić information content (AvgIpc) is 2.97. The van der Waals surface area contributed by atoms with Crippen LogP contribution >= 0.6 is 15.9 Å². The molecule has 18 heavy (non-hydrogen) atoms. The van der Waals surface area contributed by atoms with E-state index in [2.05, 4.69) is 21.2 Å². The molecule has 2 heterocycles. The minimum atomic E-state index is -0.578. The fourth-order valence-electron chi connectivity index (χ4n) is 1.74. The molecule has 0 aromatic carbocycles. The Kier molecular flexibility index (Phi) is 4.63. The Morgan fingerprint density at radius 3 is 2.83 bits per heavy atom. The largest absolute Gasteiger partial charge is 0.467 e. The number of nitrogens with one attached hydrogen (secondary N) is 1. The molecule has 0 amide bonds. The van der Waals surface area contributed by atoms with Crippen molar-refractivity contribution in [1.29, 1.82) is 0 Å². The van der Waals surface area contributed by atoms with Gasteiger partial charge in [-0.2, -0.15) is 0 Å². The van der Waals surface area contributed by atoms with E-state index >= 15 is 0 Å². The zero-order chi connectivity index (χ0) is 13.0. The summed E-state index contributed by atoms with van der Waals surface area (Å²) in [5.41, 5.74) is 0. The predicted octanol–water partition coefficient (Wildman–Crippen LogP) is 3.24. The van der Waals surface area contributed by atoms with Gasteiger partial charge in [0.15, 0.2) is 4.67 Å². The van der Waals surface area contributed by atoms with Gasteiger partial charge >= 0.3 is 0 Å². The molecule has 2 rings (SSSR count). The molecule has 0 saturated carbocycles. The third kappa shape index (κ3) is 3.73. The number of rotatable bonds is 6. The molecule has 2 N–H and O–H groups in total. The molecule has 0 bridgehead atoms. The third-order valence-corrected chi connectivity index (χ3v) is 3.13. The van der Waals surface area contributed by atoms with E-state index in [1.54, 1.807) is 18.4 Å². The molecule has 0 spiro atoms. The number of furan rings is 2. The van der Waals surface area contributed by atoms with Gasteiger partial charge in [-0.15, -0.1) is 0 Å². The Labute approximate surface area is 114 Å². The van der Waals surface area contributed by atoms with E-state index in [0.717, 1.165) is 10.4 Å². The highest BCUT2D eigenvalue weighted by Gasteiger charge is 2.14. The molecule has 0 radical (unpaired) electrons. The van der Waals surface area contributed by atoms with Crippen molar-refractivity contribution in [3.05, 3.63) is 46.7 Å². The topological polar surface area (TPSA) is 58.5 Å².